The minimum atomic E-state index is -4.60. The van der Waals surface area contributed by atoms with E-state index in [9.17, 15) is 22.4 Å². The molecule has 0 N–H and O–H groups in total. The highest BCUT2D eigenvalue weighted by Gasteiger charge is 2.39. The van der Waals surface area contributed by atoms with Gasteiger partial charge in [-0.1, -0.05) is 25.1 Å². The van der Waals surface area contributed by atoms with Crippen LogP contribution in [0.3, 0.4) is 0 Å². The van der Waals surface area contributed by atoms with E-state index in [1.54, 1.807) is 11.0 Å². The van der Waals surface area contributed by atoms with Crippen LogP contribution in [-0.4, -0.2) is 66.2 Å². The predicted octanol–water partition coefficient (Wildman–Crippen LogP) is 4.84. The normalized spacial score (nSPS) is 16.8. The number of hydrogen-bond acceptors (Lipinski definition) is 4. The van der Waals surface area contributed by atoms with Crippen molar-refractivity contribution in [3.8, 4) is 0 Å². The number of likely N-dealkylation sites (N-methyl/N-ethyl adjacent to an activating group) is 1. The second-order valence-corrected chi connectivity index (χ2v) is 8.34. The fourth-order valence-corrected chi connectivity index (χ4v) is 4.03. The van der Waals surface area contributed by atoms with E-state index in [2.05, 4.69) is 15.1 Å². The molecule has 1 fully saturated rings. The number of carbonyl (C=O) groups is 1. The van der Waals surface area contributed by atoms with E-state index in [-0.39, 0.29) is 35.1 Å². The van der Waals surface area contributed by atoms with Crippen LogP contribution in [0, 0.1) is 11.6 Å². The van der Waals surface area contributed by atoms with Gasteiger partial charge in [0.2, 0.25) is 0 Å². The predicted molar refractivity (Wildman–Crippen MR) is 123 cm³/mol. The van der Waals surface area contributed by atoms with Crippen LogP contribution in [0.15, 0.2) is 52.7 Å². The Labute approximate surface area is 199 Å². The largest absolute Gasteiger partial charge is 0.431 e. The van der Waals surface area contributed by atoms with Gasteiger partial charge in [-0.25, -0.2) is 13.6 Å². The second kappa shape index (κ2) is 10.1. The van der Waals surface area contributed by atoms with Crippen LogP contribution in [0.4, 0.5) is 32.4 Å². The molecule has 0 saturated carbocycles. The Balaban J connectivity index is 1.55. The number of alkyl halides is 3. The summed E-state index contributed by atoms with van der Waals surface area (Å²) in [6, 6.07) is 9.04. The topological polar surface area (TPSA) is 51.5 Å². The number of urea groups is 1. The summed E-state index contributed by atoms with van der Waals surface area (Å²) < 4.78 is 67.5. The number of rotatable bonds is 5. The molecule has 2 aromatic rings. The molecule has 2 aliphatic heterocycles. The van der Waals surface area contributed by atoms with Crippen molar-refractivity contribution in [2.45, 2.75) is 26.1 Å². The maximum absolute atomic E-state index is 15.0. The van der Waals surface area contributed by atoms with E-state index in [4.69, 9.17) is 0 Å². The van der Waals surface area contributed by atoms with Gasteiger partial charge in [0.05, 0.1) is 12.3 Å². The molecule has 0 aliphatic carbocycles. The van der Waals surface area contributed by atoms with Crippen LogP contribution in [0.25, 0.3) is 0 Å². The lowest BCUT2D eigenvalue weighted by atomic mass is 10.0. The van der Waals surface area contributed by atoms with Crippen LogP contribution in [0.1, 0.15) is 24.5 Å². The van der Waals surface area contributed by atoms with Crippen molar-refractivity contribution in [1.29, 1.82) is 0 Å². The number of piperazine rings is 1. The number of anilines is 1. The van der Waals surface area contributed by atoms with Crippen molar-refractivity contribution < 1.29 is 26.7 Å². The molecule has 4 rings (SSSR count). The second-order valence-electron chi connectivity index (χ2n) is 8.34. The Morgan fingerprint density at radius 1 is 1.03 bits per heavy atom. The van der Waals surface area contributed by atoms with Gasteiger partial charge in [-0.3, -0.25) is 4.90 Å². The Kier molecular flexibility index (Phi) is 7.15. The molecule has 0 aromatic heterocycles. The molecular weight excluding hydrogens is 469 g/mol. The fourth-order valence-electron chi connectivity index (χ4n) is 4.03. The Morgan fingerprint density at radius 2 is 1.77 bits per heavy atom. The quantitative estimate of drug-likeness (QED) is 0.560. The molecule has 2 aromatic carbocycles. The maximum atomic E-state index is 15.0. The highest BCUT2D eigenvalue weighted by atomic mass is 19.4. The number of hydrogen-bond donors (Lipinski definition) is 0. The van der Waals surface area contributed by atoms with E-state index >= 15 is 4.39 Å². The van der Waals surface area contributed by atoms with Gasteiger partial charge in [0.15, 0.2) is 0 Å². The molecule has 0 atom stereocenters. The average molecular weight is 493 g/mol. The van der Waals surface area contributed by atoms with Gasteiger partial charge in [-0.2, -0.15) is 18.3 Å². The van der Waals surface area contributed by atoms with E-state index in [0.717, 1.165) is 12.6 Å². The highest BCUT2D eigenvalue weighted by Crippen LogP contribution is 2.27. The third-order valence-electron chi connectivity index (χ3n) is 6.11. The average Bonchev–Trinajstić information content (AvgIpc) is 3.34. The van der Waals surface area contributed by atoms with E-state index in [1.165, 1.54) is 35.2 Å². The van der Waals surface area contributed by atoms with Crippen LogP contribution >= 0.6 is 0 Å². The van der Waals surface area contributed by atoms with Crippen molar-refractivity contribution in [2.75, 3.05) is 37.6 Å². The molecule has 0 radical (unpaired) electrons. The molecular formula is C24H24F5N5O. The summed E-state index contributed by atoms with van der Waals surface area (Å²) in [6.45, 7) is 5.10. The molecule has 2 aliphatic rings. The fraction of sp³-hybridized carbons (Fsp3) is 0.375. The number of carbonyl (C=O) groups excluding carboxylic acids is 1. The minimum Gasteiger partial charge on any atom is -0.322 e. The zero-order valence-electron chi connectivity index (χ0n) is 19.0. The number of nitrogens with zero attached hydrogens (tertiary/aromatic N) is 5. The van der Waals surface area contributed by atoms with Gasteiger partial charge in [0.25, 0.3) is 0 Å². The van der Waals surface area contributed by atoms with Crippen LogP contribution in [0.5, 0.6) is 0 Å². The number of amides is 2. The zero-order valence-corrected chi connectivity index (χ0v) is 19.0. The summed E-state index contributed by atoms with van der Waals surface area (Å²) in [6.07, 6.45) is -5.14. The van der Waals surface area contributed by atoms with Crippen LogP contribution in [0.2, 0.25) is 0 Å². The first-order valence-corrected chi connectivity index (χ1v) is 11.2. The van der Waals surface area contributed by atoms with Gasteiger partial charge in [0, 0.05) is 49.4 Å². The van der Waals surface area contributed by atoms with Gasteiger partial charge >= 0.3 is 12.2 Å². The molecule has 0 unspecified atom stereocenters. The maximum Gasteiger partial charge on any atom is 0.431 e. The molecule has 186 valence electrons. The summed E-state index contributed by atoms with van der Waals surface area (Å²) in [5.74, 6) is -1.25. The molecule has 35 heavy (non-hydrogen) atoms. The first-order valence-electron chi connectivity index (χ1n) is 11.2. The van der Waals surface area contributed by atoms with Crippen LogP contribution in [-0.2, 0) is 6.54 Å². The van der Waals surface area contributed by atoms with Crippen molar-refractivity contribution in [1.82, 2.24) is 9.80 Å². The third-order valence-corrected chi connectivity index (χ3v) is 6.11. The monoisotopic (exact) mass is 493 g/mol. The lowest BCUT2D eigenvalue weighted by Crippen LogP contribution is -2.52. The van der Waals surface area contributed by atoms with Crippen molar-refractivity contribution >= 4 is 23.1 Å². The molecule has 1 saturated heterocycles. The van der Waals surface area contributed by atoms with Crippen molar-refractivity contribution in [2.24, 2.45) is 10.2 Å². The standard InChI is InChI=1S/C24H24F5N5O/c1-2-32-8-10-33(11-9-32)23(35)34(19-5-3-4-18(25)13-19)15-17-7-6-16(12-20(17)26)21-14-22(31-30-21)24(27,28)29/h3-7,12-13H,2,8-11,14-15H2,1H3. The number of halogens is 5. The highest BCUT2D eigenvalue weighted by molar-refractivity contribution is 6.16. The molecule has 2 amide bonds. The Hall–Kier alpha value is -3.34. The molecule has 11 heteroatoms. The van der Waals surface area contributed by atoms with Crippen LogP contribution < -0.4 is 4.90 Å². The number of benzene rings is 2. The summed E-state index contributed by atoms with van der Waals surface area (Å²) >= 11 is 0. The smallest absolute Gasteiger partial charge is 0.322 e. The van der Waals surface area contributed by atoms with Gasteiger partial charge in [-0.05, 0) is 30.8 Å². The minimum absolute atomic E-state index is 0.00892. The Bertz CT molecular complexity index is 1160. The Morgan fingerprint density at radius 3 is 2.37 bits per heavy atom. The van der Waals surface area contributed by atoms with Gasteiger partial charge in [0.1, 0.15) is 17.3 Å². The first kappa shape index (κ1) is 24.8. The van der Waals surface area contributed by atoms with E-state index in [0.29, 0.717) is 26.2 Å². The van der Waals surface area contributed by atoms with E-state index in [1.807, 2.05) is 6.92 Å². The molecule has 0 bridgehead atoms. The third kappa shape index (κ3) is 5.67. The molecule has 0 spiro atoms. The molecule has 2 heterocycles. The summed E-state index contributed by atoms with van der Waals surface area (Å²) in [5.41, 5.74) is -0.444. The van der Waals surface area contributed by atoms with Gasteiger partial charge < -0.3 is 9.80 Å². The first-order chi connectivity index (χ1) is 16.7. The lowest BCUT2D eigenvalue weighted by Gasteiger charge is -2.37. The summed E-state index contributed by atoms with van der Waals surface area (Å²) in [4.78, 5) is 18.5. The van der Waals surface area contributed by atoms with Crippen molar-refractivity contribution in [3.63, 3.8) is 0 Å². The van der Waals surface area contributed by atoms with Gasteiger partial charge in [-0.15, -0.1) is 5.10 Å². The summed E-state index contributed by atoms with van der Waals surface area (Å²) in [5, 5.41) is 6.71. The SMILES string of the molecule is CCN1CCN(C(=O)N(Cc2ccc(C3=NN=C(C(F)(F)F)C3)cc2F)c2cccc(F)c2)CC1. The zero-order chi connectivity index (χ0) is 25.2. The summed E-state index contributed by atoms with van der Waals surface area (Å²) in [7, 11) is 0. The molecule has 6 nitrogen and oxygen atoms in total. The van der Waals surface area contributed by atoms with Crippen molar-refractivity contribution in [3.05, 3.63) is 65.2 Å². The van der Waals surface area contributed by atoms with E-state index < -0.39 is 29.9 Å². The lowest BCUT2D eigenvalue weighted by molar-refractivity contribution is -0.0596.